The van der Waals surface area contributed by atoms with Gasteiger partial charge in [0.1, 0.15) is 0 Å². The smallest absolute Gasteiger partial charge is 0.254 e. The van der Waals surface area contributed by atoms with Gasteiger partial charge in [0.05, 0.1) is 5.69 Å². The van der Waals surface area contributed by atoms with Crippen LogP contribution in [0.4, 0.5) is 11.5 Å². The van der Waals surface area contributed by atoms with E-state index in [0.717, 1.165) is 41.5 Å². The maximum absolute atomic E-state index is 12.9. The maximum atomic E-state index is 12.9. The Kier molecular flexibility index (Phi) is 5.39. The van der Waals surface area contributed by atoms with Crippen LogP contribution >= 0.6 is 0 Å². The Bertz CT molecular complexity index is 1030. The third-order valence-electron chi connectivity index (χ3n) is 5.36. The molecule has 2 aromatic heterocycles. The number of hydrogen-bond donors (Lipinski definition) is 0. The number of nitrogens with zero attached hydrogens (tertiary/aromatic N) is 7. The van der Waals surface area contributed by atoms with Crippen LogP contribution in [-0.2, 0) is 0 Å². The lowest BCUT2D eigenvalue weighted by atomic mass is 10.1. The molecule has 1 aromatic carbocycles. The van der Waals surface area contributed by atoms with E-state index in [4.69, 9.17) is 0 Å². The van der Waals surface area contributed by atoms with E-state index in [-0.39, 0.29) is 5.91 Å². The number of aromatic nitrogens is 4. The summed E-state index contributed by atoms with van der Waals surface area (Å²) < 4.78 is 1.80. The van der Waals surface area contributed by atoms with Crippen LogP contribution in [0.3, 0.4) is 0 Å². The van der Waals surface area contributed by atoms with Crippen LogP contribution in [0, 0.1) is 13.8 Å². The molecule has 0 bridgehead atoms. The van der Waals surface area contributed by atoms with Crippen molar-refractivity contribution in [3.05, 3.63) is 59.4 Å². The fourth-order valence-corrected chi connectivity index (χ4v) is 3.70. The highest BCUT2D eigenvalue weighted by molar-refractivity contribution is 5.95. The molecule has 4 rings (SSSR count). The Hall–Kier alpha value is -3.42. The van der Waals surface area contributed by atoms with Crippen molar-refractivity contribution in [3.63, 3.8) is 0 Å². The van der Waals surface area contributed by atoms with Gasteiger partial charge in [-0.25, -0.2) is 4.68 Å². The van der Waals surface area contributed by atoms with Crippen LogP contribution in [-0.4, -0.2) is 71.1 Å². The van der Waals surface area contributed by atoms with Gasteiger partial charge in [-0.3, -0.25) is 4.79 Å². The van der Waals surface area contributed by atoms with Crippen LogP contribution < -0.4 is 9.80 Å². The Morgan fingerprint density at radius 2 is 1.63 bits per heavy atom. The second kappa shape index (κ2) is 8.14. The van der Waals surface area contributed by atoms with Crippen LogP contribution in [0.25, 0.3) is 5.82 Å². The predicted octanol–water partition coefficient (Wildman–Crippen LogP) is 2.31. The highest BCUT2D eigenvalue weighted by Crippen LogP contribution is 2.18. The van der Waals surface area contributed by atoms with Gasteiger partial charge < -0.3 is 14.7 Å². The van der Waals surface area contributed by atoms with E-state index in [1.165, 1.54) is 0 Å². The standard InChI is InChI=1S/C22H27N7O/c1-16-14-17(2)29(25-16)21-9-8-20(23-24-21)27-10-12-28(13-11-27)22(30)18-6-5-7-19(15-18)26(3)4/h5-9,14-15H,10-13H2,1-4H3. The Labute approximate surface area is 176 Å². The first-order valence-corrected chi connectivity index (χ1v) is 10.1. The third-order valence-corrected chi connectivity index (χ3v) is 5.36. The average Bonchev–Trinajstić information content (AvgIpc) is 3.11. The van der Waals surface area contributed by atoms with Gasteiger partial charge in [-0.15, -0.1) is 10.2 Å². The molecule has 1 amide bonds. The third kappa shape index (κ3) is 3.98. The van der Waals surface area contributed by atoms with Gasteiger partial charge in [-0.1, -0.05) is 6.07 Å². The molecule has 156 valence electrons. The molecule has 3 heterocycles. The fraction of sp³-hybridized carbons (Fsp3) is 0.364. The number of aryl methyl sites for hydroxylation is 2. The van der Waals surface area contributed by atoms with Crippen LogP contribution in [0.15, 0.2) is 42.5 Å². The lowest BCUT2D eigenvalue weighted by Gasteiger charge is -2.35. The van der Waals surface area contributed by atoms with E-state index < -0.39 is 0 Å². The van der Waals surface area contributed by atoms with E-state index in [2.05, 4.69) is 20.2 Å². The van der Waals surface area contributed by atoms with Crippen LogP contribution in [0.5, 0.6) is 0 Å². The number of benzene rings is 1. The van der Waals surface area contributed by atoms with Crippen molar-refractivity contribution in [2.75, 3.05) is 50.1 Å². The Morgan fingerprint density at radius 1 is 0.933 bits per heavy atom. The fourth-order valence-electron chi connectivity index (χ4n) is 3.70. The number of anilines is 2. The van der Waals surface area contributed by atoms with E-state index in [9.17, 15) is 4.79 Å². The molecule has 0 N–H and O–H groups in total. The number of carbonyl (C=O) groups excluding carboxylic acids is 1. The maximum Gasteiger partial charge on any atom is 0.254 e. The van der Waals surface area contributed by atoms with Gasteiger partial charge in [0, 0.05) is 57.2 Å². The van der Waals surface area contributed by atoms with Gasteiger partial charge in [-0.05, 0) is 50.2 Å². The molecule has 0 atom stereocenters. The lowest BCUT2D eigenvalue weighted by Crippen LogP contribution is -2.49. The van der Waals surface area contributed by atoms with E-state index in [0.29, 0.717) is 18.9 Å². The average molecular weight is 406 g/mol. The van der Waals surface area contributed by atoms with Crippen molar-refractivity contribution in [1.82, 2.24) is 24.9 Å². The van der Waals surface area contributed by atoms with Crippen molar-refractivity contribution in [3.8, 4) is 5.82 Å². The zero-order valence-corrected chi connectivity index (χ0v) is 17.9. The molecule has 30 heavy (non-hydrogen) atoms. The summed E-state index contributed by atoms with van der Waals surface area (Å²) in [5.74, 6) is 1.60. The normalized spacial score (nSPS) is 14.1. The second-order valence-electron chi connectivity index (χ2n) is 7.81. The minimum Gasteiger partial charge on any atom is -0.378 e. The number of rotatable bonds is 4. The molecule has 0 unspecified atom stereocenters. The summed E-state index contributed by atoms with van der Waals surface area (Å²) in [7, 11) is 3.95. The molecule has 8 nitrogen and oxygen atoms in total. The Balaban J connectivity index is 1.40. The predicted molar refractivity (Wildman–Crippen MR) is 118 cm³/mol. The van der Waals surface area contributed by atoms with E-state index in [1.807, 2.05) is 80.2 Å². The largest absolute Gasteiger partial charge is 0.378 e. The van der Waals surface area contributed by atoms with Gasteiger partial charge >= 0.3 is 0 Å². The van der Waals surface area contributed by atoms with Gasteiger partial charge in [0.2, 0.25) is 0 Å². The lowest BCUT2D eigenvalue weighted by molar-refractivity contribution is 0.0746. The number of piperazine rings is 1. The molecular formula is C22H27N7O. The first kappa shape index (κ1) is 19.9. The molecule has 1 aliphatic heterocycles. The number of hydrogen-bond acceptors (Lipinski definition) is 6. The van der Waals surface area contributed by atoms with Crippen LogP contribution in [0.1, 0.15) is 21.7 Å². The zero-order chi connectivity index (χ0) is 21.3. The number of amides is 1. The highest BCUT2D eigenvalue weighted by Gasteiger charge is 2.23. The summed E-state index contributed by atoms with van der Waals surface area (Å²) in [5.41, 5.74) is 3.73. The van der Waals surface area contributed by atoms with Gasteiger partial charge in [0.15, 0.2) is 11.6 Å². The molecule has 3 aromatic rings. The SMILES string of the molecule is Cc1cc(C)n(-c2ccc(N3CCN(C(=O)c4cccc(N(C)C)c4)CC3)nn2)n1. The van der Waals surface area contributed by atoms with E-state index >= 15 is 0 Å². The first-order chi connectivity index (χ1) is 14.4. The summed E-state index contributed by atoms with van der Waals surface area (Å²) in [6.07, 6.45) is 0. The Morgan fingerprint density at radius 3 is 2.23 bits per heavy atom. The zero-order valence-electron chi connectivity index (χ0n) is 17.9. The molecule has 0 radical (unpaired) electrons. The van der Waals surface area contributed by atoms with Crippen molar-refractivity contribution in [2.24, 2.45) is 0 Å². The van der Waals surface area contributed by atoms with Gasteiger partial charge in [-0.2, -0.15) is 5.10 Å². The summed E-state index contributed by atoms with van der Waals surface area (Å²) in [4.78, 5) is 19.0. The minimum absolute atomic E-state index is 0.0734. The molecule has 1 fully saturated rings. The summed E-state index contributed by atoms with van der Waals surface area (Å²) in [6, 6.07) is 13.7. The quantitative estimate of drug-likeness (QED) is 0.663. The molecule has 0 saturated carbocycles. The number of carbonyl (C=O) groups is 1. The minimum atomic E-state index is 0.0734. The summed E-state index contributed by atoms with van der Waals surface area (Å²) >= 11 is 0. The molecule has 1 saturated heterocycles. The molecule has 0 spiro atoms. The molecule has 0 aliphatic carbocycles. The highest BCUT2D eigenvalue weighted by atomic mass is 16.2. The first-order valence-electron chi connectivity index (χ1n) is 10.1. The molecule has 1 aliphatic rings. The van der Waals surface area contributed by atoms with Crippen molar-refractivity contribution >= 4 is 17.4 Å². The topological polar surface area (TPSA) is 70.4 Å². The van der Waals surface area contributed by atoms with Gasteiger partial charge in [0.25, 0.3) is 5.91 Å². The molecule has 8 heteroatoms. The second-order valence-corrected chi connectivity index (χ2v) is 7.81. The summed E-state index contributed by atoms with van der Waals surface area (Å²) in [6.45, 7) is 6.74. The summed E-state index contributed by atoms with van der Waals surface area (Å²) in [5, 5.41) is 13.2. The molecular weight excluding hydrogens is 378 g/mol. The van der Waals surface area contributed by atoms with Crippen molar-refractivity contribution < 1.29 is 4.79 Å². The monoisotopic (exact) mass is 405 g/mol. The van der Waals surface area contributed by atoms with Crippen molar-refractivity contribution in [2.45, 2.75) is 13.8 Å². The van der Waals surface area contributed by atoms with Crippen molar-refractivity contribution in [1.29, 1.82) is 0 Å². The van der Waals surface area contributed by atoms with Crippen LogP contribution in [0.2, 0.25) is 0 Å². The van der Waals surface area contributed by atoms with E-state index in [1.54, 1.807) is 4.68 Å².